The van der Waals surface area contributed by atoms with Crippen LogP contribution in [0.25, 0.3) is 0 Å². The highest BCUT2D eigenvalue weighted by Gasteiger charge is 2.21. The van der Waals surface area contributed by atoms with Gasteiger partial charge in [-0.25, -0.2) is 0 Å². The van der Waals surface area contributed by atoms with Crippen LogP contribution in [0.1, 0.15) is 58.8 Å². The van der Waals surface area contributed by atoms with Crippen molar-refractivity contribution in [1.29, 1.82) is 0 Å². The van der Waals surface area contributed by atoms with E-state index in [1.165, 1.54) is 38.5 Å². The minimum absolute atomic E-state index is 0.430. The van der Waals surface area contributed by atoms with Gasteiger partial charge in [0.05, 0.1) is 12.2 Å². The van der Waals surface area contributed by atoms with Crippen molar-refractivity contribution in [3.63, 3.8) is 0 Å². The van der Waals surface area contributed by atoms with Crippen LogP contribution in [0.3, 0.4) is 0 Å². The number of unbranched alkanes of at least 4 members (excludes halogenated alkanes) is 2. The second kappa shape index (κ2) is 10.6. The van der Waals surface area contributed by atoms with Crippen LogP contribution in [-0.2, 0) is 9.47 Å². The first-order valence-electron chi connectivity index (χ1n) is 8.07. The first-order valence-corrected chi connectivity index (χ1v) is 8.07. The van der Waals surface area contributed by atoms with Gasteiger partial charge in [0.1, 0.15) is 0 Å². The van der Waals surface area contributed by atoms with Gasteiger partial charge in [-0.1, -0.05) is 13.8 Å². The van der Waals surface area contributed by atoms with Crippen molar-refractivity contribution in [2.45, 2.75) is 71.0 Å². The summed E-state index contributed by atoms with van der Waals surface area (Å²) in [5, 5.41) is 3.48. The summed E-state index contributed by atoms with van der Waals surface area (Å²) in [6.07, 6.45) is 9.36. The van der Waals surface area contributed by atoms with Gasteiger partial charge < -0.3 is 14.8 Å². The molecule has 1 fully saturated rings. The molecule has 0 heterocycles. The normalized spacial score (nSPS) is 24.0. The van der Waals surface area contributed by atoms with E-state index in [4.69, 9.17) is 9.47 Å². The molecule has 1 rings (SSSR count). The Bertz CT molecular complexity index is 209. The highest BCUT2D eigenvalue weighted by Crippen LogP contribution is 2.23. The zero-order valence-electron chi connectivity index (χ0n) is 13.1. The molecule has 3 nitrogen and oxygen atoms in total. The summed E-state index contributed by atoms with van der Waals surface area (Å²) in [6, 6.07) is 0. The summed E-state index contributed by atoms with van der Waals surface area (Å²) in [6.45, 7) is 7.70. The van der Waals surface area contributed by atoms with E-state index < -0.39 is 0 Å². The second-order valence-corrected chi connectivity index (χ2v) is 6.18. The number of methoxy groups -OCH3 is 1. The molecule has 0 saturated heterocycles. The first kappa shape index (κ1) is 16.9. The Morgan fingerprint density at radius 3 is 2.63 bits per heavy atom. The molecule has 3 heteroatoms. The summed E-state index contributed by atoms with van der Waals surface area (Å²) in [4.78, 5) is 0. The summed E-state index contributed by atoms with van der Waals surface area (Å²) < 4.78 is 11.4. The zero-order chi connectivity index (χ0) is 13.9. The molecular weight excluding hydrogens is 238 g/mol. The molecule has 0 aromatic carbocycles. The monoisotopic (exact) mass is 271 g/mol. The van der Waals surface area contributed by atoms with E-state index in [0.717, 1.165) is 32.0 Å². The predicted molar refractivity (Wildman–Crippen MR) is 80.6 cm³/mol. The lowest BCUT2D eigenvalue weighted by Gasteiger charge is -2.28. The largest absolute Gasteiger partial charge is 0.381 e. The van der Waals surface area contributed by atoms with Crippen molar-refractivity contribution in [1.82, 2.24) is 5.32 Å². The maximum absolute atomic E-state index is 5.96. The summed E-state index contributed by atoms with van der Waals surface area (Å²) >= 11 is 0. The number of hydrogen-bond acceptors (Lipinski definition) is 3. The van der Waals surface area contributed by atoms with E-state index >= 15 is 0 Å². The summed E-state index contributed by atoms with van der Waals surface area (Å²) in [5.41, 5.74) is 0. The van der Waals surface area contributed by atoms with Crippen molar-refractivity contribution in [3.8, 4) is 0 Å². The van der Waals surface area contributed by atoms with Gasteiger partial charge in [-0.15, -0.1) is 0 Å². The second-order valence-electron chi connectivity index (χ2n) is 6.18. The average Bonchev–Trinajstić information content (AvgIpc) is 2.41. The van der Waals surface area contributed by atoms with Gasteiger partial charge in [0.15, 0.2) is 0 Å². The molecular formula is C16H33NO2. The lowest BCUT2D eigenvalue weighted by molar-refractivity contribution is -0.0302. The number of hydrogen-bond donors (Lipinski definition) is 1. The SMILES string of the molecule is COC1CCCC(OCCCCCNCC(C)C)C1. The Balaban J connectivity index is 1.87. The van der Waals surface area contributed by atoms with Crippen LogP contribution >= 0.6 is 0 Å². The molecule has 0 amide bonds. The van der Waals surface area contributed by atoms with Crippen LogP contribution in [0.4, 0.5) is 0 Å². The van der Waals surface area contributed by atoms with Crippen molar-refractivity contribution in [2.24, 2.45) is 5.92 Å². The van der Waals surface area contributed by atoms with Crippen LogP contribution in [0.5, 0.6) is 0 Å². The minimum Gasteiger partial charge on any atom is -0.381 e. The van der Waals surface area contributed by atoms with E-state index in [2.05, 4.69) is 19.2 Å². The van der Waals surface area contributed by atoms with E-state index in [-0.39, 0.29) is 0 Å². The molecule has 1 saturated carbocycles. The van der Waals surface area contributed by atoms with Crippen molar-refractivity contribution in [2.75, 3.05) is 26.8 Å². The Hall–Kier alpha value is -0.120. The van der Waals surface area contributed by atoms with Gasteiger partial charge in [-0.2, -0.15) is 0 Å². The molecule has 2 atom stereocenters. The summed E-state index contributed by atoms with van der Waals surface area (Å²) in [7, 11) is 1.82. The fraction of sp³-hybridized carbons (Fsp3) is 1.00. The highest BCUT2D eigenvalue weighted by atomic mass is 16.5. The molecule has 0 spiro atoms. The Kier molecular flexibility index (Phi) is 9.48. The number of ether oxygens (including phenoxy) is 2. The molecule has 0 aliphatic heterocycles. The highest BCUT2D eigenvalue weighted by molar-refractivity contribution is 4.73. The third-order valence-corrected chi connectivity index (χ3v) is 3.82. The molecule has 0 radical (unpaired) electrons. The molecule has 0 aromatic heterocycles. The van der Waals surface area contributed by atoms with Gasteiger partial charge in [0.25, 0.3) is 0 Å². The molecule has 1 N–H and O–H groups in total. The molecule has 1 aliphatic carbocycles. The predicted octanol–water partition coefficient (Wildman–Crippen LogP) is 3.38. The smallest absolute Gasteiger partial charge is 0.0599 e. The standard InChI is InChI=1S/C16H33NO2/c1-14(2)13-17-10-5-4-6-11-19-16-9-7-8-15(12-16)18-3/h14-17H,4-13H2,1-3H3. The van der Waals surface area contributed by atoms with Gasteiger partial charge in [0, 0.05) is 13.7 Å². The van der Waals surface area contributed by atoms with E-state index in [1.54, 1.807) is 0 Å². The fourth-order valence-electron chi connectivity index (χ4n) is 2.64. The van der Waals surface area contributed by atoms with Crippen LogP contribution in [-0.4, -0.2) is 39.0 Å². The van der Waals surface area contributed by atoms with Crippen LogP contribution < -0.4 is 5.32 Å². The molecule has 1 aliphatic rings. The minimum atomic E-state index is 0.430. The van der Waals surface area contributed by atoms with E-state index in [0.29, 0.717) is 12.2 Å². The van der Waals surface area contributed by atoms with Gasteiger partial charge >= 0.3 is 0 Å². The van der Waals surface area contributed by atoms with Crippen LogP contribution in [0, 0.1) is 5.92 Å². The van der Waals surface area contributed by atoms with Gasteiger partial charge in [0.2, 0.25) is 0 Å². The molecule has 114 valence electrons. The third-order valence-electron chi connectivity index (χ3n) is 3.82. The Morgan fingerprint density at radius 1 is 1.11 bits per heavy atom. The van der Waals surface area contributed by atoms with Gasteiger partial charge in [-0.3, -0.25) is 0 Å². The molecule has 2 unspecified atom stereocenters. The Morgan fingerprint density at radius 2 is 1.89 bits per heavy atom. The lowest BCUT2D eigenvalue weighted by atomic mass is 9.95. The zero-order valence-corrected chi connectivity index (χ0v) is 13.1. The average molecular weight is 271 g/mol. The fourth-order valence-corrected chi connectivity index (χ4v) is 2.64. The van der Waals surface area contributed by atoms with E-state index in [9.17, 15) is 0 Å². The third kappa shape index (κ3) is 8.61. The van der Waals surface area contributed by atoms with Crippen LogP contribution in [0.2, 0.25) is 0 Å². The molecule has 0 bridgehead atoms. The van der Waals surface area contributed by atoms with Gasteiger partial charge in [-0.05, 0) is 64.0 Å². The topological polar surface area (TPSA) is 30.5 Å². The quantitative estimate of drug-likeness (QED) is 0.618. The van der Waals surface area contributed by atoms with Crippen molar-refractivity contribution < 1.29 is 9.47 Å². The van der Waals surface area contributed by atoms with Crippen molar-refractivity contribution in [3.05, 3.63) is 0 Å². The summed E-state index contributed by atoms with van der Waals surface area (Å²) in [5.74, 6) is 0.753. The molecule has 0 aromatic rings. The number of nitrogens with one attached hydrogen (secondary N) is 1. The maximum Gasteiger partial charge on any atom is 0.0599 e. The lowest BCUT2D eigenvalue weighted by Crippen LogP contribution is -2.27. The van der Waals surface area contributed by atoms with E-state index in [1.807, 2.05) is 7.11 Å². The Labute approximate surface area is 119 Å². The molecule has 19 heavy (non-hydrogen) atoms. The maximum atomic E-state index is 5.96. The first-order chi connectivity index (χ1) is 9.22. The van der Waals surface area contributed by atoms with Crippen LogP contribution in [0.15, 0.2) is 0 Å². The van der Waals surface area contributed by atoms with Crippen molar-refractivity contribution >= 4 is 0 Å². The number of rotatable bonds is 10.